The number of ketones is 2. The molecule has 0 amide bonds. The Kier molecular flexibility index (Phi) is 13.3. The number of hydrogen-bond acceptors (Lipinski definition) is 11. The predicted molar refractivity (Wildman–Crippen MR) is 163 cm³/mol. The van der Waals surface area contributed by atoms with Crippen LogP contribution in [0.4, 0.5) is 9.18 Å². The normalized spacial score (nSPS) is 41.7. The van der Waals surface area contributed by atoms with E-state index in [9.17, 15) is 24.3 Å². The Labute approximate surface area is 267 Å². The number of aliphatic hydroxyl groups excluding tert-OH is 1. The largest absolute Gasteiger partial charge is 0.457 e. The van der Waals surface area contributed by atoms with Gasteiger partial charge < -0.3 is 33.7 Å². The number of ether oxygens (including phenoxy) is 5. The highest BCUT2D eigenvalue weighted by Crippen LogP contribution is 2.38. The fourth-order valence-electron chi connectivity index (χ4n) is 5.97. The minimum atomic E-state index is -3.12. The van der Waals surface area contributed by atoms with Gasteiger partial charge in [0.25, 0.3) is 5.67 Å². The van der Waals surface area contributed by atoms with Crippen LogP contribution in [0, 0.1) is 11.8 Å². The molecule has 0 aromatic heterocycles. The van der Waals surface area contributed by atoms with E-state index in [0.717, 1.165) is 6.92 Å². The number of carbonyl (C=O) groups is 4. The maximum atomic E-state index is 16.1. The van der Waals surface area contributed by atoms with E-state index < -0.39 is 69.5 Å². The van der Waals surface area contributed by atoms with Crippen molar-refractivity contribution < 1.29 is 52.4 Å². The molecule has 0 saturated carbocycles. The van der Waals surface area contributed by atoms with Crippen molar-refractivity contribution in [2.45, 2.75) is 122 Å². The Balaban J connectivity index is 2.71. The molecule has 0 aromatic carbocycles. The number of cyclic esters (lactones) is 1. The van der Waals surface area contributed by atoms with E-state index in [4.69, 9.17) is 23.7 Å². The van der Waals surface area contributed by atoms with Gasteiger partial charge in [-0.2, -0.15) is 0 Å². The number of rotatable bonds is 6. The van der Waals surface area contributed by atoms with Crippen LogP contribution >= 0.6 is 22.6 Å². The van der Waals surface area contributed by atoms with Crippen LogP contribution in [0.1, 0.15) is 67.7 Å². The summed E-state index contributed by atoms with van der Waals surface area (Å²) in [6.45, 7) is 10.5. The standard InChI is InChI=1S/C30H47FINO10/c1-11-21-20(34)12-15(2)22(35)16(3)14-29(6,39-10)25(18(5)24(36)30(7,31)27(37)41-21)43-26-23(42-28(32)38)19(33(8)9)13-17(4)40-26/h12,16-21,23,25-26,34H,11,13-14H2,1-10H3/b15-12+/t16-,17-,18+,19+,20?,21?,23-,25-,26?,29-,30+/m1/s1. The molecule has 3 unspecified atom stereocenters. The van der Waals surface area contributed by atoms with Gasteiger partial charge in [0, 0.05) is 18.9 Å². The molecule has 0 spiro atoms. The zero-order valence-corrected chi connectivity index (χ0v) is 28.9. The Morgan fingerprint density at radius 3 is 2.33 bits per heavy atom. The first-order chi connectivity index (χ1) is 19.8. The number of hydrogen-bond donors (Lipinski definition) is 1. The zero-order chi connectivity index (χ0) is 33.0. The Morgan fingerprint density at radius 1 is 1.21 bits per heavy atom. The van der Waals surface area contributed by atoms with Gasteiger partial charge in [-0.1, -0.05) is 20.8 Å². The first-order valence-electron chi connectivity index (χ1n) is 14.5. The number of aliphatic hydroxyl groups is 1. The van der Waals surface area contributed by atoms with Crippen LogP contribution in [0.3, 0.4) is 0 Å². The monoisotopic (exact) mass is 727 g/mol. The van der Waals surface area contributed by atoms with Gasteiger partial charge >= 0.3 is 9.95 Å². The first-order valence-corrected chi connectivity index (χ1v) is 15.6. The highest BCUT2D eigenvalue weighted by Gasteiger charge is 2.54. The second-order valence-corrected chi connectivity index (χ2v) is 13.2. The summed E-state index contributed by atoms with van der Waals surface area (Å²) in [6, 6.07) is -0.321. The molecule has 246 valence electrons. The van der Waals surface area contributed by atoms with Crippen molar-refractivity contribution in [3.8, 4) is 0 Å². The summed E-state index contributed by atoms with van der Waals surface area (Å²) in [4.78, 5) is 54.2. The lowest BCUT2D eigenvalue weighted by atomic mass is 9.76. The molecule has 43 heavy (non-hydrogen) atoms. The number of carbonyl (C=O) groups excluding carboxylic acids is 4. The molecular weight excluding hydrogens is 680 g/mol. The number of esters is 1. The molecule has 0 bridgehead atoms. The fourth-order valence-corrected chi connectivity index (χ4v) is 6.26. The Bertz CT molecular complexity index is 1070. The quantitative estimate of drug-likeness (QED) is 0.184. The van der Waals surface area contributed by atoms with Crippen LogP contribution in [-0.2, 0) is 38.1 Å². The van der Waals surface area contributed by atoms with Gasteiger partial charge in [0.2, 0.25) is 0 Å². The number of alkyl halides is 1. The van der Waals surface area contributed by atoms with Crippen molar-refractivity contribution in [1.29, 1.82) is 0 Å². The number of allylic oxidation sites excluding steroid dienone is 1. The van der Waals surface area contributed by atoms with Crippen molar-refractivity contribution in [2.75, 3.05) is 21.2 Å². The maximum Gasteiger partial charge on any atom is 0.367 e. The zero-order valence-electron chi connectivity index (χ0n) is 26.7. The number of likely N-dealkylation sites (N-methyl/N-ethyl adjacent to an activating group) is 1. The summed E-state index contributed by atoms with van der Waals surface area (Å²) in [5, 5.41) is 10.7. The van der Waals surface area contributed by atoms with Gasteiger partial charge in [-0.05, 0) is 72.7 Å². The molecule has 1 N–H and O–H groups in total. The molecule has 0 radical (unpaired) electrons. The van der Waals surface area contributed by atoms with Crippen LogP contribution in [0.25, 0.3) is 0 Å². The number of Topliss-reactive ketones (excluding diaryl/α,β-unsaturated/α-hetero) is 2. The highest BCUT2D eigenvalue weighted by atomic mass is 127. The number of nitrogens with zero attached hydrogens (tertiary/aromatic N) is 1. The minimum absolute atomic E-state index is 0.0205. The molecule has 0 aliphatic carbocycles. The Hall–Kier alpha value is -1.52. The fraction of sp³-hybridized carbons (Fsp3) is 0.800. The van der Waals surface area contributed by atoms with Gasteiger partial charge in [0.05, 0.1) is 46.4 Å². The van der Waals surface area contributed by atoms with Crippen LogP contribution < -0.4 is 0 Å². The van der Waals surface area contributed by atoms with Crippen molar-refractivity contribution >= 4 is 44.1 Å². The average Bonchev–Trinajstić information content (AvgIpc) is 2.92. The lowest BCUT2D eigenvalue weighted by molar-refractivity contribution is -0.293. The maximum absolute atomic E-state index is 16.1. The van der Waals surface area contributed by atoms with Crippen LogP contribution in [0.2, 0.25) is 0 Å². The molecule has 2 aliphatic heterocycles. The third-order valence-electron chi connectivity index (χ3n) is 8.55. The van der Waals surface area contributed by atoms with Gasteiger partial charge in [-0.3, -0.25) is 9.59 Å². The van der Waals surface area contributed by atoms with E-state index in [0.29, 0.717) is 6.42 Å². The Morgan fingerprint density at radius 2 is 1.81 bits per heavy atom. The molecule has 13 heteroatoms. The highest BCUT2D eigenvalue weighted by molar-refractivity contribution is 14.1. The van der Waals surface area contributed by atoms with Gasteiger partial charge in [0.1, 0.15) is 12.2 Å². The number of halogens is 2. The summed E-state index contributed by atoms with van der Waals surface area (Å²) in [7, 11) is 5.03. The average molecular weight is 728 g/mol. The van der Waals surface area contributed by atoms with Crippen LogP contribution in [0.5, 0.6) is 0 Å². The summed E-state index contributed by atoms with van der Waals surface area (Å²) in [5.74, 6) is -4.95. The summed E-state index contributed by atoms with van der Waals surface area (Å²) < 4.78 is 45.0. The van der Waals surface area contributed by atoms with E-state index in [-0.39, 0.29) is 36.3 Å². The van der Waals surface area contributed by atoms with E-state index >= 15 is 4.39 Å². The molecule has 2 aliphatic rings. The van der Waals surface area contributed by atoms with E-state index in [1.807, 2.05) is 25.9 Å². The smallest absolute Gasteiger partial charge is 0.367 e. The molecule has 2 rings (SSSR count). The van der Waals surface area contributed by atoms with Crippen LogP contribution in [0.15, 0.2) is 11.6 Å². The van der Waals surface area contributed by atoms with Gasteiger partial charge in [-0.15, -0.1) is 0 Å². The third kappa shape index (κ3) is 8.81. The number of methoxy groups -OCH3 is 1. The van der Waals surface area contributed by atoms with Gasteiger partial charge in [0.15, 0.2) is 24.0 Å². The van der Waals surface area contributed by atoms with E-state index in [1.54, 1.807) is 20.8 Å². The predicted octanol–water partition coefficient (Wildman–Crippen LogP) is 3.95. The minimum Gasteiger partial charge on any atom is -0.457 e. The molecule has 2 heterocycles. The lowest BCUT2D eigenvalue weighted by Gasteiger charge is -2.47. The summed E-state index contributed by atoms with van der Waals surface area (Å²) >= 11 is 1.51. The molecule has 1 saturated heterocycles. The molecule has 11 nitrogen and oxygen atoms in total. The first kappa shape index (κ1) is 37.7. The third-order valence-corrected chi connectivity index (χ3v) is 8.81. The van der Waals surface area contributed by atoms with E-state index in [1.165, 1.54) is 49.6 Å². The lowest BCUT2D eigenvalue weighted by Crippen LogP contribution is -2.61. The van der Waals surface area contributed by atoms with Gasteiger partial charge in [-0.25, -0.2) is 14.0 Å². The molecule has 0 aromatic rings. The van der Waals surface area contributed by atoms with Crippen molar-refractivity contribution in [3.05, 3.63) is 11.6 Å². The summed E-state index contributed by atoms with van der Waals surface area (Å²) in [5.41, 5.74) is -4.30. The molecule has 1 fully saturated rings. The SMILES string of the molecule is CCC1OC(=O)[C@@](C)(F)C(=O)[C@H](C)[C@@H](OC2O[C@H](C)C[C@H](N(C)C)[C@H]2OC(=O)I)[C@](C)(OC)C[C@@H](C)C(=O)/C(C)=C/C1O. The second kappa shape index (κ2) is 15.2. The van der Waals surface area contributed by atoms with E-state index in [2.05, 4.69) is 0 Å². The van der Waals surface area contributed by atoms with Crippen molar-refractivity contribution in [1.82, 2.24) is 4.90 Å². The second-order valence-electron chi connectivity index (χ2n) is 12.3. The van der Waals surface area contributed by atoms with Crippen molar-refractivity contribution in [3.63, 3.8) is 0 Å². The topological polar surface area (TPSA) is 138 Å². The molecular formula is C30H47FINO10. The van der Waals surface area contributed by atoms with Crippen LogP contribution in [-0.4, -0.2) is 107 Å². The summed E-state index contributed by atoms with van der Waals surface area (Å²) in [6.07, 6.45) is -4.42. The van der Waals surface area contributed by atoms with Crippen molar-refractivity contribution in [2.24, 2.45) is 11.8 Å². The molecule has 11 atom stereocenters.